The van der Waals surface area contributed by atoms with Crippen LogP contribution in [0.2, 0.25) is 0 Å². The van der Waals surface area contributed by atoms with Crippen LogP contribution in [-0.4, -0.2) is 65.1 Å². The number of halogens is 6. The summed E-state index contributed by atoms with van der Waals surface area (Å²) in [5, 5.41) is 37.4. The summed E-state index contributed by atoms with van der Waals surface area (Å²) in [5.41, 5.74) is -2.95. The van der Waals surface area contributed by atoms with Gasteiger partial charge in [-0.25, -0.2) is 9.59 Å². The minimum Gasteiger partial charge on any atom is -0.405 e. The number of aliphatic hydroxyl groups is 4. The molecule has 20 heteroatoms. The zero-order chi connectivity index (χ0) is 46.1. The molecular formula is C42H44F6N4O10. The lowest BCUT2D eigenvalue weighted by atomic mass is 9.97. The molecule has 0 spiro atoms. The molecule has 0 bridgehead atoms. The molecule has 0 amide bonds. The standard InChI is InChI=1S/C21H21F3N2O4.C20H19F3N2O5.CH4O/c1-3-4-12-26-19(28)16-14(25(2)20(26)29)10-11-15(30-21(22,23)24)17(16)18(27)13-8-6-5-7-9-13;1-24-13-8-9-14(30-20(21,22)23)16(17(27)12-6-3-2-4-7-12)15(13)18(28)25(19(24)29)10-5-11-26;1-2/h5-11,18,27H,3-4,12H2,1-2H3;2-4,6-9,17,26-27H,5,10-11H2,1H3;2H,1H3. The summed E-state index contributed by atoms with van der Waals surface area (Å²) in [7, 11) is 3.79. The van der Waals surface area contributed by atoms with Gasteiger partial charge in [0.15, 0.2) is 0 Å². The van der Waals surface area contributed by atoms with Gasteiger partial charge in [-0.15, -0.1) is 26.3 Å². The van der Waals surface area contributed by atoms with Gasteiger partial charge in [-0.05, 0) is 48.2 Å². The van der Waals surface area contributed by atoms with E-state index in [0.29, 0.717) is 12.8 Å². The first-order valence-electron chi connectivity index (χ1n) is 18.9. The Morgan fingerprint density at radius 3 is 1.26 bits per heavy atom. The molecule has 0 saturated carbocycles. The smallest absolute Gasteiger partial charge is 0.405 e. The summed E-state index contributed by atoms with van der Waals surface area (Å²) in [6.07, 6.45) is -11.9. The van der Waals surface area contributed by atoms with Gasteiger partial charge < -0.3 is 29.9 Å². The number of unbranched alkanes of at least 4 members (excludes halogenated alkanes) is 1. The fraction of sp³-hybridized carbons (Fsp3) is 0.333. The Balaban J connectivity index is 0.000000262. The Hall–Kier alpha value is -6.22. The van der Waals surface area contributed by atoms with Crippen molar-refractivity contribution in [1.82, 2.24) is 18.3 Å². The molecule has 2 heterocycles. The molecule has 0 saturated heterocycles. The zero-order valence-corrected chi connectivity index (χ0v) is 33.8. The number of aromatic nitrogens is 4. The van der Waals surface area contributed by atoms with Gasteiger partial charge in [-0.1, -0.05) is 74.0 Å². The average Bonchev–Trinajstić information content (AvgIpc) is 3.24. The van der Waals surface area contributed by atoms with Gasteiger partial charge in [0.2, 0.25) is 0 Å². The third-order valence-electron chi connectivity index (χ3n) is 9.55. The SMILES string of the molecule is CCCCn1c(=O)c2c(C(O)c3ccccc3)c(OC(F)(F)F)ccc2n(C)c1=O.CO.Cn1c(=O)n(CCCO)c(=O)c2c(C(O)c3ccccc3)c(OC(F)(F)F)ccc21. The number of rotatable bonds is 12. The lowest BCUT2D eigenvalue weighted by molar-refractivity contribution is -0.276. The minimum atomic E-state index is -5.06. The Bertz CT molecular complexity index is 2530. The van der Waals surface area contributed by atoms with Gasteiger partial charge in [-0.2, -0.15) is 0 Å². The third-order valence-corrected chi connectivity index (χ3v) is 9.55. The Morgan fingerprint density at radius 2 is 0.935 bits per heavy atom. The average molecular weight is 879 g/mol. The molecule has 6 rings (SSSR count). The highest BCUT2D eigenvalue weighted by atomic mass is 19.4. The topological polar surface area (TPSA) is 187 Å². The third kappa shape index (κ3) is 10.8. The predicted octanol–water partition coefficient (Wildman–Crippen LogP) is 5.15. The maximum Gasteiger partial charge on any atom is 0.573 e. The molecule has 334 valence electrons. The van der Waals surface area contributed by atoms with Crippen LogP contribution in [0.15, 0.2) is 104 Å². The first kappa shape index (κ1) is 48.4. The maximum absolute atomic E-state index is 13.2. The van der Waals surface area contributed by atoms with Gasteiger partial charge in [0.1, 0.15) is 23.7 Å². The maximum atomic E-state index is 13.2. The van der Waals surface area contributed by atoms with Crippen molar-refractivity contribution in [2.24, 2.45) is 14.1 Å². The first-order chi connectivity index (χ1) is 29.3. The van der Waals surface area contributed by atoms with Gasteiger partial charge in [0.05, 0.1) is 21.8 Å². The number of alkyl halides is 6. The van der Waals surface area contributed by atoms with E-state index < -0.39 is 64.5 Å². The van der Waals surface area contributed by atoms with Gasteiger partial charge in [-0.3, -0.25) is 27.9 Å². The Kier molecular flexibility index (Phi) is 16.1. The Labute approximate surface area is 348 Å². The monoisotopic (exact) mass is 878 g/mol. The molecule has 4 N–H and O–H groups in total. The van der Waals surface area contributed by atoms with Crippen LogP contribution in [0.1, 0.15) is 60.6 Å². The highest BCUT2D eigenvalue weighted by molar-refractivity contribution is 5.86. The molecule has 0 aliphatic rings. The minimum absolute atomic E-state index is 0.0461. The first-order valence-corrected chi connectivity index (χ1v) is 18.9. The quantitative estimate of drug-likeness (QED) is 0.120. The van der Waals surface area contributed by atoms with Crippen molar-refractivity contribution < 1.29 is 56.2 Å². The molecule has 2 unspecified atom stereocenters. The van der Waals surface area contributed by atoms with Crippen LogP contribution in [0.5, 0.6) is 11.5 Å². The molecule has 0 aliphatic carbocycles. The number of ether oxygens (including phenoxy) is 2. The number of nitrogens with zero attached hydrogens (tertiary/aromatic N) is 4. The summed E-state index contributed by atoms with van der Waals surface area (Å²) in [5.74, 6) is -1.43. The van der Waals surface area contributed by atoms with E-state index in [4.69, 9.17) is 10.2 Å². The van der Waals surface area contributed by atoms with Gasteiger partial charge in [0.25, 0.3) is 11.1 Å². The van der Waals surface area contributed by atoms with E-state index in [-0.39, 0.29) is 64.6 Å². The second kappa shape index (κ2) is 20.6. The second-order valence-corrected chi connectivity index (χ2v) is 13.5. The number of hydrogen-bond donors (Lipinski definition) is 4. The fourth-order valence-electron chi connectivity index (χ4n) is 6.71. The number of aryl methyl sites for hydroxylation is 2. The molecule has 2 aromatic heterocycles. The predicted molar refractivity (Wildman–Crippen MR) is 216 cm³/mol. The fourth-order valence-corrected chi connectivity index (χ4v) is 6.71. The van der Waals surface area contributed by atoms with Crippen LogP contribution in [0, 0.1) is 0 Å². The molecule has 62 heavy (non-hydrogen) atoms. The molecule has 0 radical (unpaired) electrons. The number of aliphatic hydroxyl groups excluding tert-OH is 4. The lowest BCUT2D eigenvalue weighted by Crippen LogP contribution is -2.40. The van der Waals surface area contributed by atoms with Crippen LogP contribution in [0.25, 0.3) is 21.8 Å². The van der Waals surface area contributed by atoms with Gasteiger partial charge >= 0.3 is 24.1 Å². The van der Waals surface area contributed by atoms with E-state index in [1.165, 1.54) is 49.0 Å². The van der Waals surface area contributed by atoms with Crippen molar-refractivity contribution in [2.75, 3.05) is 13.7 Å². The van der Waals surface area contributed by atoms with Crippen molar-refractivity contribution in [3.8, 4) is 11.5 Å². The van der Waals surface area contributed by atoms with E-state index in [9.17, 15) is 55.7 Å². The largest absolute Gasteiger partial charge is 0.573 e. The van der Waals surface area contributed by atoms with E-state index >= 15 is 0 Å². The van der Waals surface area contributed by atoms with Crippen molar-refractivity contribution in [3.05, 3.63) is 149 Å². The number of hydrogen-bond acceptors (Lipinski definition) is 10. The molecule has 4 aromatic carbocycles. The van der Waals surface area contributed by atoms with Crippen molar-refractivity contribution in [3.63, 3.8) is 0 Å². The molecule has 2 atom stereocenters. The highest BCUT2D eigenvalue weighted by Crippen LogP contribution is 2.39. The molecule has 0 fully saturated rings. The zero-order valence-electron chi connectivity index (χ0n) is 33.8. The van der Waals surface area contributed by atoms with E-state index in [2.05, 4.69) is 9.47 Å². The number of fused-ring (bicyclic) bond motifs is 2. The van der Waals surface area contributed by atoms with E-state index in [1.54, 1.807) is 36.4 Å². The van der Waals surface area contributed by atoms with Crippen molar-refractivity contribution in [2.45, 2.75) is 64.2 Å². The van der Waals surface area contributed by atoms with Crippen molar-refractivity contribution in [1.29, 1.82) is 0 Å². The second-order valence-electron chi connectivity index (χ2n) is 13.5. The lowest BCUT2D eigenvalue weighted by Gasteiger charge is -2.21. The number of benzene rings is 4. The van der Waals surface area contributed by atoms with Gasteiger partial charge in [0, 0.05) is 52.0 Å². The van der Waals surface area contributed by atoms with Crippen LogP contribution >= 0.6 is 0 Å². The van der Waals surface area contributed by atoms with Crippen LogP contribution in [0.4, 0.5) is 26.3 Å². The van der Waals surface area contributed by atoms with Crippen molar-refractivity contribution >= 4 is 21.8 Å². The summed E-state index contributed by atoms with van der Waals surface area (Å²) in [6, 6.07) is 20.1. The summed E-state index contributed by atoms with van der Waals surface area (Å²) in [4.78, 5) is 51.5. The molecule has 0 aliphatic heterocycles. The summed E-state index contributed by atoms with van der Waals surface area (Å²) in [6.45, 7) is 1.58. The summed E-state index contributed by atoms with van der Waals surface area (Å²) < 4.78 is 90.4. The molecule has 6 aromatic rings. The van der Waals surface area contributed by atoms with Crippen LogP contribution < -0.4 is 32.0 Å². The highest BCUT2D eigenvalue weighted by Gasteiger charge is 2.36. The van der Waals surface area contributed by atoms with Crippen LogP contribution in [0.3, 0.4) is 0 Å². The van der Waals surface area contributed by atoms with E-state index in [0.717, 1.165) is 39.0 Å². The molecule has 14 nitrogen and oxygen atoms in total. The Morgan fingerprint density at radius 1 is 0.581 bits per heavy atom. The molecular weight excluding hydrogens is 834 g/mol. The van der Waals surface area contributed by atoms with E-state index in [1.807, 2.05) is 6.92 Å². The summed E-state index contributed by atoms with van der Waals surface area (Å²) >= 11 is 0. The normalized spacial score (nSPS) is 12.5. The van der Waals surface area contributed by atoms with Crippen LogP contribution in [-0.2, 0) is 27.2 Å².